The van der Waals surface area contributed by atoms with Gasteiger partial charge in [-0.25, -0.2) is 14.4 Å². The van der Waals surface area contributed by atoms with Gasteiger partial charge in [-0.3, -0.25) is 0 Å². The van der Waals surface area contributed by atoms with Crippen LogP contribution in [0, 0.1) is 60.8 Å². The number of thiophene rings is 1. The number of hydrogen-bond donors (Lipinski definition) is 7. The van der Waals surface area contributed by atoms with E-state index in [1.54, 1.807) is 77.3 Å². The molecule has 3 aliphatic carbocycles. The van der Waals surface area contributed by atoms with Crippen LogP contribution in [0.5, 0.6) is 0 Å². The summed E-state index contributed by atoms with van der Waals surface area (Å²) in [6.45, 7) is 10.9. The van der Waals surface area contributed by atoms with Gasteiger partial charge in [-0.2, -0.15) is 0 Å². The van der Waals surface area contributed by atoms with Crippen LogP contribution in [-0.4, -0.2) is 115 Å². The van der Waals surface area contributed by atoms with Crippen molar-refractivity contribution in [3.05, 3.63) is 69.4 Å². The van der Waals surface area contributed by atoms with Crippen LogP contribution in [-0.2, 0) is 23.7 Å². The smallest absolute Gasteiger partial charge is 0.408 e. The summed E-state index contributed by atoms with van der Waals surface area (Å²) in [5.74, 6) is -3.48. The van der Waals surface area contributed by atoms with Crippen LogP contribution < -0.4 is 5.32 Å². The average molecular weight is 1000 g/mol. The predicted octanol–water partition coefficient (Wildman–Crippen LogP) is 2.54. The van der Waals surface area contributed by atoms with Gasteiger partial charge < -0.3 is 54.9 Å². The van der Waals surface area contributed by atoms with E-state index in [0.29, 0.717) is 4.88 Å². The van der Waals surface area contributed by atoms with E-state index in [9.17, 15) is 45.0 Å². The fraction of sp³-hybridized carbons (Fsp3) is 0.615. The minimum Gasteiger partial charge on any atom is -0.456 e. The van der Waals surface area contributed by atoms with Gasteiger partial charge in [0.05, 0.1) is 30.5 Å². The van der Waals surface area contributed by atoms with Crippen molar-refractivity contribution >= 4 is 29.4 Å². The van der Waals surface area contributed by atoms with Crippen molar-refractivity contribution in [2.45, 2.75) is 127 Å². The molecule has 2 aromatic rings. The fourth-order valence-corrected chi connectivity index (χ4v) is 9.96. The summed E-state index contributed by atoms with van der Waals surface area (Å²) in [6, 6.07) is 9.96. The summed E-state index contributed by atoms with van der Waals surface area (Å²) >= 11 is 1.17. The van der Waals surface area contributed by atoms with Gasteiger partial charge in [0.2, 0.25) is 0 Å². The predicted molar refractivity (Wildman–Crippen MR) is 193 cm³/mol. The molecule has 299 valence electrons. The molecule has 1 aromatic heterocycles. The number of aliphatic hydroxyl groups is 6. The Morgan fingerprint density at radius 3 is 2.22 bits per heavy atom. The Morgan fingerprint density at radius 2 is 1.65 bits per heavy atom. The van der Waals surface area contributed by atoms with Gasteiger partial charge in [-0.15, -0.1) is 11.3 Å². The third kappa shape index (κ3) is 7.47. The van der Waals surface area contributed by atoms with Crippen LogP contribution in [0.4, 0.5) is 4.79 Å². The molecule has 14 nitrogen and oxygen atoms in total. The Bertz CT molecular complexity index is 1780. The Labute approximate surface area is 359 Å². The molecule has 6 rings (SSSR count). The van der Waals surface area contributed by atoms with Gasteiger partial charge in [0, 0.05) is 78.5 Å². The summed E-state index contributed by atoms with van der Waals surface area (Å²) in [4.78, 5) is 41.1. The number of ether oxygens (including phenoxy) is 4. The van der Waals surface area contributed by atoms with Crippen molar-refractivity contribution < 1.29 is 108 Å². The number of nitrogens with one attached hydrogen (secondary N) is 1. The average Bonchev–Trinajstić information content (AvgIpc) is 3.63. The summed E-state index contributed by atoms with van der Waals surface area (Å²) < 4.78 is 23.2. The molecule has 1 radical (unpaired) electrons. The molecule has 16 heteroatoms. The molecule has 2 saturated carbocycles. The van der Waals surface area contributed by atoms with Crippen molar-refractivity contribution in [2.75, 3.05) is 6.61 Å². The monoisotopic (exact) mass is 1000 g/mol. The Kier molecular flexibility index (Phi) is 12.6. The summed E-state index contributed by atoms with van der Waals surface area (Å²) in [5, 5.41) is 77.1. The molecule has 1 aliphatic heterocycles. The standard InChI is InChI=1S/C39H51NO13S.Ac/c1-19-21(51-33(46)28(43)26(22-14-11-15-54-22)40-34(47)53-35(2,3)4)17-39(49)31(52-32(45)20-12-9-8-10-13-20)29-37(7,23(41)16-24-38(29,48)18-50-24)30(44)27(42)25(19)36(39,5)6;/h8-15,21,23-24,26-31,41-44,48-49H,16-18H2,1-7H3,(H,40,47);/t21?,23-,24+,26-,27+,28+,29-,30+,31-,37+,38-,39+;/m0./s1. The van der Waals surface area contributed by atoms with Crippen LogP contribution in [0.15, 0.2) is 59.0 Å². The van der Waals surface area contributed by atoms with Crippen LogP contribution in [0.3, 0.4) is 0 Å². The molecule has 7 N–H and O–H groups in total. The normalized spacial score (nSPS) is 36.2. The van der Waals surface area contributed by atoms with E-state index in [1.807, 2.05) is 0 Å². The first kappa shape index (κ1) is 44.1. The number of carbonyl (C=O) groups is 3. The number of esters is 2. The SMILES string of the molecule is CC1=C2[C@@H](O)[C@@H](O)[C@@]3(C)[C@H]([C@H](OC(=O)c4ccccc4)[C@](O)(CC1OC(=O)[C@H](O)[C@@H](NC(=O)OC(C)(C)C)c1cccs1)C2(C)C)[C@]1(O)CO[C@@H]1C[C@@H]3O.[Ac]. The van der Waals surface area contributed by atoms with Gasteiger partial charge in [-0.05, 0) is 62.4 Å². The molecule has 0 spiro atoms. The van der Waals surface area contributed by atoms with E-state index in [0.717, 1.165) is 0 Å². The molecule has 1 aromatic carbocycles. The Morgan fingerprint density at radius 1 is 1.00 bits per heavy atom. The van der Waals surface area contributed by atoms with Crippen LogP contribution >= 0.6 is 11.3 Å². The summed E-state index contributed by atoms with van der Waals surface area (Å²) in [5.41, 5.74) is -7.85. The second-order valence-electron chi connectivity index (χ2n) is 16.8. The van der Waals surface area contributed by atoms with E-state index in [-0.39, 0.29) is 73.8 Å². The summed E-state index contributed by atoms with van der Waals surface area (Å²) in [7, 11) is 0. The van der Waals surface area contributed by atoms with Gasteiger partial charge in [0.15, 0.2) is 6.10 Å². The number of amides is 1. The zero-order chi connectivity index (χ0) is 39.8. The van der Waals surface area contributed by atoms with E-state index in [2.05, 4.69) is 5.32 Å². The van der Waals surface area contributed by atoms with Crippen molar-refractivity contribution in [3.63, 3.8) is 0 Å². The third-order valence-electron chi connectivity index (χ3n) is 12.2. The fourth-order valence-electron chi connectivity index (χ4n) is 9.15. The van der Waals surface area contributed by atoms with Crippen LogP contribution in [0.2, 0.25) is 0 Å². The number of rotatable bonds is 7. The minimum absolute atomic E-state index is 0. The molecule has 1 saturated heterocycles. The first-order valence-corrected chi connectivity index (χ1v) is 18.9. The molecule has 1 unspecified atom stereocenters. The van der Waals surface area contributed by atoms with E-state index in [1.165, 1.54) is 30.4 Å². The van der Waals surface area contributed by atoms with Crippen molar-refractivity contribution in [3.8, 4) is 0 Å². The van der Waals surface area contributed by atoms with Crippen LogP contribution in [0.25, 0.3) is 0 Å². The van der Waals surface area contributed by atoms with E-state index < -0.39 is 107 Å². The van der Waals surface area contributed by atoms with Gasteiger partial charge in [0.1, 0.15) is 41.2 Å². The minimum atomic E-state index is -2.26. The molecule has 1 amide bonds. The number of alkyl carbamates (subject to hydrolysis) is 1. The molecular weight excluding hydrogens is 949 g/mol. The maximum absolute atomic E-state index is 13.9. The van der Waals surface area contributed by atoms with Crippen LogP contribution in [0.1, 0.15) is 82.6 Å². The zero-order valence-corrected chi connectivity index (χ0v) is 37.5. The van der Waals surface area contributed by atoms with Gasteiger partial charge in [0.25, 0.3) is 0 Å². The number of benzene rings is 1. The second kappa shape index (κ2) is 15.7. The number of fused-ring (bicyclic) bond motifs is 5. The molecule has 2 heterocycles. The molecule has 55 heavy (non-hydrogen) atoms. The zero-order valence-electron chi connectivity index (χ0n) is 32.0. The molecule has 2 bridgehead atoms. The quantitative estimate of drug-likeness (QED) is 0.121. The third-order valence-corrected chi connectivity index (χ3v) is 13.1. The van der Waals surface area contributed by atoms with Gasteiger partial charge >= 0.3 is 18.0 Å². The van der Waals surface area contributed by atoms with Crippen molar-refractivity contribution in [1.29, 1.82) is 0 Å². The summed E-state index contributed by atoms with van der Waals surface area (Å²) in [6.07, 6.45) is -12.4. The molecular formula is C39H51AcNO13S. The number of carbonyl (C=O) groups excluding carboxylic acids is 3. The molecule has 12 atom stereocenters. The van der Waals surface area contributed by atoms with Gasteiger partial charge in [-0.1, -0.05) is 45.0 Å². The first-order valence-electron chi connectivity index (χ1n) is 18.1. The topological polar surface area (TPSA) is 222 Å². The Hall–Kier alpha value is -1.97. The molecule has 4 aliphatic rings. The van der Waals surface area contributed by atoms with Crippen molar-refractivity contribution in [2.24, 2.45) is 16.7 Å². The Balaban J connectivity index is 0.00000580. The van der Waals surface area contributed by atoms with Crippen molar-refractivity contribution in [1.82, 2.24) is 5.32 Å². The van der Waals surface area contributed by atoms with E-state index >= 15 is 0 Å². The largest absolute Gasteiger partial charge is 0.456 e. The maximum Gasteiger partial charge on any atom is 0.408 e. The maximum atomic E-state index is 13.9. The first-order chi connectivity index (χ1) is 25.1. The van der Waals surface area contributed by atoms with E-state index in [4.69, 9.17) is 18.9 Å². The number of aliphatic hydroxyl groups excluding tert-OH is 4. The molecule has 3 fully saturated rings. The number of hydrogen-bond acceptors (Lipinski definition) is 14. The second-order valence-corrected chi connectivity index (χ2v) is 17.8.